The molecular weight excluding hydrogens is 256 g/mol. The second-order valence-corrected chi connectivity index (χ2v) is 5.58. The third-order valence-corrected chi connectivity index (χ3v) is 3.91. The summed E-state index contributed by atoms with van der Waals surface area (Å²) in [6, 6.07) is 0. The van der Waals surface area contributed by atoms with Crippen molar-refractivity contribution in [2.45, 2.75) is 57.0 Å². The third kappa shape index (κ3) is 7.56. The van der Waals surface area contributed by atoms with E-state index < -0.39 is 31.0 Å². The van der Waals surface area contributed by atoms with Gasteiger partial charge in [-0.05, 0) is 12.2 Å². The first-order valence-corrected chi connectivity index (χ1v) is 7.60. The average Bonchev–Trinajstić information content (AvgIpc) is 2.39. The smallest absolute Gasteiger partial charge is 0.111 e. The van der Waals surface area contributed by atoms with Gasteiger partial charge in [0.15, 0.2) is 0 Å². The molecule has 6 heteroatoms. The Hall–Kier alpha value is 0.150. The second kappa shape index (κ2) is 11.0. The molecule has 0 bridgehead atoms. The van der Waals surface area contributed by atoms with Crippen LogP contribution in [0.5, 0.6) is 0 Å². The molecule has 0 saturated carbocycles. The molecule has 4 atom stereocenters. The minimum absolute atomic E-state index is 0.308. The Kier molecular flexibility index (Phi) is 11.1. The second-order valence-electron chi connectivity index (χ2n) is 4.43. The number of unbranched alkanes of at least 4 members (excludes halogenated alkanes) is 3. The van der Waals surface area contributed by atoms with Crippen molar-refractivity contribution in [3.63, 3.8) is 0 Å². The lowest BCUT2D eigenvalue weighted by Gasteiger charge is -2.25. The van der Waals surface area contributed by atoms with Crippen LogP contribution in [0.4, 0.5) is 0 Å². The minimum Gasteiger partial charge on any atom is -0.394 e. The van der Waals surface area contributed by atoms with Crippen LogP contribution in [0.2, 0.25) is 0 Å². The maximum absolute atomic E-state index is 9.61. The lowest BCUT2D eigenvalue weighted by Crippen LogP contribution is -2.46. The van der Waals surface area contributed by atoms with Crippen LogP contribution >= 0.6 is 11.8 Å². The van der Waals surface area contributed by atoms with Crippen LogP contribution in [0.25, 0.3) is 0 Å². The van der Waals surface area contributed by atoms with E-state index in [1.165, 1.54) is 24.6 Å². The zero-order valence-electron chi connectivity index (χ0n) is 10.9. The van der Waals surface area contributed by atoms with Crippen LogP contribution in [0.1, 0.15) is 32.6 Å². The Bertz CT molecular complexity index is 193. The molecule has 0 saturated heterocycles. The molecule has 0 fully saturated rings. The van der Waals surface area contributed by atoms with Crippen molar-refractivity contribution >= 4 is 11.8 Å². The predicted octanol–water partition coefficient (Wildman–Crippen LogP) is -0.264. The molecule has 0 aromatic rings. The van der Waals surface area contributed by atoms with Crippen molar-refractivity contribution < 1.29 is 25.5 Å². The van der Waals surface area contributed by atoms with E-state index in [4.69, 9.17) is 10.2 Å². The molecule has 0 spiro atoms. The van der Waals surface area contributed by atoms with Crippen LogP contribution < -0.4 is 0 Å². The van der Waals surface area contributed by atoms with Gasteiger partial charge in [-0.1, -0.05) is 26.2 Å². The summed E-state index contributed by atoms with van der Waals surface area (Å²) in [5.41, 5.74) is 0. The minimum atomic E-state index is -1.52. The van der Waals surface area contributed by atoms with Gasteiger partial charge in [0, 0.05) is 5.75 Å². The fraction of sp³-hybridized carbons (Fsp3) is 1.00. The number of aliphatic hydroxyl groups is 5. The molecule has 0 aromatic carbocycles. The van der Waals surface area contributed by atoms with Crippen molar-refractivity contribution in [1.82, 2.24) is 0 Å². The number of aliphatic hydroxyl groups excluding tert-OH is 5. The molecule has 0 heterocycles. The van der Waals surface area contributed by atoms with Gasteiger partial charge in [0.05, 0.1) is 12.7 Å². The highest BCUT2D eigenvalue weighted by Crippen LogP contribution is 2.13. The van der Waals surface area contributed by atoms with Gasteiger partial charge in [-0.25, -0.2) is 0 Å². The van der Waals surface area contributed by atoms with E-state index >= 15 is 0 Å². The van der Waals surface area contributed by atoms with Gasteiger partial charge in [0.25, 0.3) is 0 Å². The van der Waals surface area contributed by atoms with Gasteiger partial charge in [0.1, 0.15) is 18.3 Å². The van der Waals surface area contributed by atoms with Crippen molar-refractivity contribution in [3.05, 3.63) is 0 Å². The topological polar surface area (TPSA) is 101 Å². The standard InChI is InChI=1S/C12H26O5S/c1-2-3-4-5-6-18-8-10(15)12(17)11(16)9(14)7-13/h9-17H,2-8H2,1H3. The third-order valence-electron chi connectivity index (χ3n) is 2.76. The first-order chi connectivity index (χ1) is 8.54. The van der Waals surface area contributed by atoms with Gasteiger partial charge in [0.2, 0.25) is 0 Å². The van der Waals surface area contributed by atoms with Crippen LogP contribution in [-0.4, -0.2) is 68.1 Å². The van der Waals surface area contributed by atoms with Crippen molar-refractivity contribution in [2.24, 2.45) is 0 Å². The van der Waals surface area contributed by atoms with E-state index in [1.807, 2.05) is 0 Å². The van der Waals surface area contributed by atoms with Crippen LogP contribution in [0.3, 0.4) is 0 Å². The van der Waals surface area contributed by atoms with Crippen LogP contribution in [0.15, 0.2) is 0 Å². The van der Waals surface area contributed by atoms with Crippen molar-refractivity contribution in [3.8, 4) is 0 Å². The molecule has 0 aliphatic heterocycles. The fourth-order valence-electron chi connectivity index (χ4n) is 1.50. The Morgan fingerprint density at radius 1 is 0.889 bits per heavy atom. The summed E-state index contributed by atoms with van der Waals surface area (Å²) in [7, 11) is 0. The number of thioether (sulfide) groups is 1. The zero-order valence-corrected chi connectivity index (χ0v) is 11.7. The number of rotatable bonds is 11. The van der Waals surface area contributed by atoms with Gasteiger partial charge in [-0.15, -0.1) is 0 Å². The van der Waals surface area contributed by atoms with Crippen LogP contribution in [-0.2, 0) is 0 Å². The largest absolute Gasteiger partial charge is 0.394 e. The van der Waals surface area contributed by atoms with Gasteiger partial charge >= 0.3 is 0 Å². The molecule has 110 valence electrons. The number of hydrogen-bond acceptors (Lipinski definition) is 6. The SMILES string of the molecule is CCCCCCSCC(O)C(O)C(O)C(O)CO. The predicted molar refractivity (Wildman–Crippen MR) is 72.6 cm³/mol. The number of hydrogen-bond donors (Lipinski definition) is 5. The molecule has 5 nitrogen and oxygen atoms in total. The highest BCUT2D eigenvalue weighted by atomic mass is 32.2. The highest BCUT2D eigenvalue weighted by Gasteiger charge is 2.29. The van der Waals surface area contributed by atoms with E-state index in [0.29, 0.717) is 5.75 Å². The molecule has 4 unspecified atom stereocenters. The van der Waals surface area contributed by atoms with Crippen molar-refractivity contribution in [1.29, 1.82) is 0 Å². The molecule has 0 aliphatic rings. The van der Waals surface area contributed by atoms with Gasteiger partial charge in [-0.2, -0.15) is 11.8 Å². The maximum atomic E-state index is 9.61. The molecule has 0 rings (SSSR count). The molecule has 18 heavy (non-hydrogen) atoms. The van der Waals surface area contributed by atoms with E-state index in [1.54, 1.807) is 0 Å². The Labute approximate surface area is 113 Å². The fourth-order valence-corrected chi connectivity index (χ4v) is 2.51. The van der Waals surface area contributed by atoms with E-state index in [0.717, 1.165) is 18.6 Å². The highest BCUT2D eigenvalue weighted by molar-refractivity contribution is 7.99. The van der Waals surface area contributed by atoms with E-state index in [2.05, 4.69) is 6.92 Å². The van der Waals surface area contributed by atoms with Crippen molar-refractivity contribution in [2.75, 3.05) is 18.1 Å². The zero-order chi connectivity index (χ0) is 14.0. The van der Waals surface area contributed by atoms with Gasteiger partial charge < -0.3 is 25.5 Å². The first kappa shape index (κ1) is 18.1. The first-order valence-electron chi connectivity index (χ1n) is 6.45. The summed E-state index contributed by atoms with van der Waals surface area (Å²) < 4.78 is 0. The van der Waals surface area contributed by atoms with E-state index in [-0.39, 0.29) is 0 Å². The summed E-state index contributed by atoms with van der Waals surface area (Å²) in [4.78, 5) is 0. The lowest BCUT2D eigenvalue weighted by atomic mass is 10.0. The molecule has 0 aromatic heterocycles. The normalized spacial score (nSPS) is 18.3. The summed E-state index contributed by atoms with van der Waals surface area (Å²) >= 11 is 1.51. The van der Waals surface area contributed by atoms with E-state index in [9.17, 15) is 15.3 Å². The average molecular weight is 282 g/mol. The monoisotopic (exact) mass is 282 g/mol. The summed E-state index contributed by atoms with van der Waals surface area (Å²) in [5.74, 6) is 1.21. The molecule has 0 amide bonds. The van der Waals surface area contributed by atoms with Crippen LogP contribution in [0, 0.1) is 0 Å². The summed E-state index contributed by atoms with van der Waals surface area (Å²) in [5, 5.41) is 46.3. The summed E-state index contributed by atoms with van der Waals surface area (Å²) in [6.07, 6.45) is -0.871. The molecule has 5 N–H and O–H groups in total. The molecule has 0 radical (unpaired) electrons. The Morgan fingerprint density at radius 2 is 1.50 bits per heavy atom. The van der Waals surface area contributed by atoms with Gasteiger partial charge in [-0.3, -0.25) is 0 Å². The Balaban J connectivity index is 3.70. The summed E-state index contributed by atoms with van der Waals surface area (Å²) in [6.45, 7) is 1.50. The lowest BCUT2D eigenvalue weighted by molar-refractivity contribution is -0.109. The quantitative estimate of drug-likeness (QED) is 0.335. The Morgan fingerprint density at radius 3 is 2.06 bits per heavy atom. The molecular formula is C12H26O5S. The molecule has 0 aliphatic carbocycles. The maximum Gasteiger partial charge on any atom is 0.111 e.